The summed E-state index contributed by atoms with van der Waals surface area (Å²) in [6.45, 7) is 7.88. The Morgan fingerprint density at radius 3 is 2.88 bits per heavy atom. The van der Waals surface area contributed by atoms with Crippen LogP contribution in [0, 0.1) is 19.8 Å². The molecule has 3 aromatic rings. The van der Waals surface area contributed by atoms with Crippen LogP contribution in [0.5, 0.6) is 0 Å². The summed E-state index contributed by atoms with van der Waals surface area (Å²) in [5, 5.41) is 0.208. The topological polar surface area (TPSA) is 104 Å². The minimum absolute atomic E-state index is 0.148. The highest BCUT2D eigenvalue weighted by Crippen LogP contribution is 2.32. The third-order valence-corrected chi connectivity index (χ3v) is 9.27. The van der Waals surface area contributed by atoms with Gasteiger partial charge in [0.15, 0.2) is 0 Å². The third kappa shape index (κ3) is 4.77. The number of rotatable bonds is 5. The van der Waals surface area contributed by atoms with Crippen LogP contribution >= 0.6 is 34.4 Å². The van der Waals surface area contributed by atoms with E-state index in [0.29, 0.717) is 27.8 Å². The molecule has 0 aliphatic heterocycles. The van der Waals surface area contributed by atoms with Crippen LogP contribution in [0.1, 0.15) is 56.6 Å². The number of carbonyl (C=O) groups is 2. The molecule has 32 heavy (non-hydrogen) atoms. The normalized spacial score (nSPS) is 16.6. The van der Waals surface area contributed by atoms with Crippen LogP contribution < -0.4 is 16.4 Å². The first-order valence-electron chi connectivity index (χ1n) is 10.5. The predicted molar refractivity (Wildman–Crippen MR) is 132 cm³/mol. The molecule has 0 bridgehead atoms. The number of hydrazine groups is 1. The van der Waals surface area contributed by atoms with E-state index < -0.39 is 5.25 Å². The van der Waals surface area contributed by atoms with Gasteiger partial charge in [-0.2, -0.15) is 0 Å². The number of aromatic amines is 1. The van der Waals surface area contributed by atoms with Crippen LogP contribution in [0.3, 0.4) is 0 Å². The lowest BCUT2D eigenvalue weighted by molar-refractivity contribution is -0.121. The molecule has 0 fully saturated rings. The second-order valence-electron chi connectivity index (χ2n) is 8.28. The fourth-order valence-corrected chi connectivity index (χ4v) is 6.65. The SMILES string of the molecule is Cc1sc2nc(CSC(C)C(=O)NNC(=O)c3cc4c(s3)CCC(C)C4)[nH]c(=O)c2c1C. The molecule has 1 aliphatic rings. The lowest BCUT2D eigenvalue weighted by Crippen LogP contribution is -2.44. The van der Waals surface area contributed by atoms with Gasteiger partial charge in [0, 0.05) is 9.75 Å². The van der Waals surface area contributed by atoms with Crippen LogP contribution in [0.15, 0.2) is 10.9 Å². The first-order valence-corrected chi connectivity index (χ1v) is 13.2. The maximum Gasteiger partial charge on any atom is 0.279 e. The van der Waals surface area contributed by atoms with E-state index in [1.54, 1.807) is 6.92 Å². The summed E-state index contributed by atoms with van der Waals surface area (Å²) < 4.78 is 0. The Bertz CT molecular complexity index is 1240. The Labute approximate surface area is 198 Å². The molecule has 1 aliphatic carbocycles. The summed E-state index contributed by atoms with van der Waals surface area (Å²) in [4.78, 5) is 48.3. The Kier molecular flexibility index (Phi) is 6.73. The molecule has 10 heteroatoms. The first-order chi connectivity index (χ1) is 15.2. The summed E-state index contributed by atoms with van der Waals surface area (Å²) in [6, 6.07) is 1.95. The molecule has 7 nitrogen and oxygen atoms in total. The van der Waals surface area contributed by atoms with Gasteiger partial charge in [-0.3, -0.25) is 25.2 Å². The maximum atomic E-state index is 12.5. The van der Waals surface area contributed by atoms with Gasteiger partial charge in [-0.15, -0.1) is 34.4 Å². The van der Waals surface area contributed by atoms with Gasteiger partial charge in [-0.25, -0.2) is 4.98 Å². The van der Waals surface area contributed by atoms with Crippen LogP contribution in [0.2, 0.25) is 0 Å². The number of aryl methyl sites for hydroxylation is 3. The molecule has 0 radical (unpaired) electrons. The minimum Gasteiger partial charge on any atom is -0.309 e. The molecule has 3 heterocycles. The van der Waals surface area contributed by atoms with Crippen molar-refractivity contribution in [3.63, 3.8) is 0 Å². The molecule has 4 rings (SSSR count). The van der Waals surface area contributed by atoms with Crippen molar-refractivity contribution in [3.8, 4) is 0 Å². The molecule has 0 spiro atoms. The first kappa shape index (κ1) is 23.0. The van der Waals surface area contributed by atoms with Crippen molar-refractivity contribution in [1.29, 1.82) is 0 Å². The minimum atomic E-state index is -0.430. The fourth-order valence-electron chi connectivity index (χ4n) is 3.75. The Balaban J connectivity index is 1.31. The van der Waals surface area contributed by atoms with E-state index in [1.807, 2.05) is 19.9 Å². The van der Waals surface area contributed by atoms with E-state index in [1.165, 1.54) is 44.9 Å². The van der Waals surface area contributed by atoms with Gasteiger partial charge in [0.2, 0.25) is 0 Å². The summed E-state index contributed by atoms with van der Waals surface area (Å²) in [7, 11) is 0. The fraction of sp³-hybridized carbons (Fsp3) is 0.455. The van der Waals surface area contributed by atoms with Crippen LogP contribution in [-0.2, 0) is 23.4 Å². The molecular formula is C22H26N4O3S3. The zero-order chi connectivity index (χ0) is 23.0. The van der Waals surface area contributed by atoms with E-state index in [9.17, 15) is 14.4 Å². The number of hydrogen-bond donors (Lipinski definition) is 3. The molecule has 0 aromatic carbocycles. The highest BCUT2D eigenvalue weighted by molar-refractivity contribution is 7.99. The van der Waals surface area contributed by atoms with Crippen LogP contribution in [-0.4, -0.2) is 27.0 Å². The van der Waals surface area contributed by atoms with Crippen LogP contribution in [0.4, 0.5) is 0 Å². The zero-order valence-corrected chi connectivity index (χ0v) is 20.9. The van der Waals surface area contributed by atoms with Gasteiger partial charge >= 0.3 is 0 Å². The molecule has 2 amide bonds. The van der Waals surface area contributed by atoms with Gasteiger partial charge in [0.1, 0.15) is 10.7 Å². The molecule has 3 N–H and O–H groups in total. The summed E-state index contributed by atoms with van der Waals surface area (Å²) in [5.41, 5.74) is 7.11. The van der Waals surface area contributed by atoms with E-state index in [4.69, 9.17) is 0 Å². The highest BCUT2D eigenvalue weighted by Gasteiger charge is 2.22. The number of nitrogens with one attached hydrogen (secondary N) is 3. The molecule has 170 valence electrons. The van der Waals surface area contributed by atoms with Gasteiger partial charge < -0.3 is 4.98 Å². The van der Waals surface area contributed by atoms with Crippen molar-refractivity contribution < 1.29 is 9.59 Å². The molecule has 2 unspecified atom stereocenters. The monoisotopic (exact) mass is 490 g/mol. The van der Waals surface area contributed by atoms with E-state index in [2.05, 4.69) is 27.7 Å². The molecule has 0 saturated heterocycles. The summed E-state index contributed by atoms with van der Waals surface area (Å²) >= 11 is 4.36. The molecule has 2 atom stereocenters. The number of hydrogen-bond acceptors (Lipinski definition) is 7. The number of nitrogens with zero attached hydrogens (tertiary/aromatic N) is 1. The number of fused-ring (bicyclic) bond motifs is 2. The average molecular weight is 491 g/mol. The van der Waals surface area contributed by atoms with Gasteiger partial charge in [-0.1, -0.05) is 6.92 Å². The Morgan fingerprint density at radius 1 is 1.31 bits per heavy atom. The lowest BCUT2D eigenvalue weighted by atomic mass is 9.90. The van der Waals surface area contributed by atoms with Crippen molar-refractivity contribution in [1.82, 2.24) is 20.8 Å². The second kappa shape index (κ2) is 9.36. The van der Waals surface area contributed by atoms with Crippen molar-refractivity contribution in [3.05, 3.63) is 48.0 Å². The summed E-state index contributed by atoms with van der Waals surface area (Å²) in [5.74, 6) is 0.978. The smallest absolute Gasteiger partial charge is 0.279 e. The van der Waals surface area contributed by atoms with Gasteiger partial charge in [-0.05, 0) is 63.1 Å². The highest BCUT2D eigenvalue weighted by atomic mass is 32.2. The van der Waals surface area contributed by atoms with Crippen molar-refractivity contribution >= 4 is 56.5 Å². The quantitative estimate of drug-likeness (QED) is 0.471. The average Bonchev–Trinajstić information content (AvgIpc) is 3.30. The molecule has 3 aromatic heterocycles. The van der Waals surface area contributed by atoms with Crippen LogP contribution in [0.25, 0.3) is 10.2 Å². The predicted octanol–water partition coefficient (Wildman–Crippen LogP) is 3.87. The van der Waals surface area contributed by atoms with Gasteiger partial charge in [0.05, 0.1) is 21.3 Å². The largest absolute Gasteiger partial charge is 0.309 e. The second-order valence-corrected chi connectivity index (χ2v) is 11.9. The van der Waals surface area contributed by atoms with Crippen molar-refractivity contribution in [2.24, 2.45) is 5.92 Å². The lowest BCUT2D eigenvalue weighted by Gasteiger charge is -2.16. The number of H-pyrrole nitrogens is 1. The number of amides is 2. The van der Waals surface area contributed by atoms with Gasteiger partial charge in [0.25, 0.3) is 17.4 Å². The Morgan fingerprint density at radius 2 is 2.09 bits per heavy atom. The van der Waals surface area contributed by atoms with E-state index >= 15 is 0 Å². The molecular weight excluding hydrogens is 464 g/mol. The Hall–Kier alpha value is -2.17. The third-order valence-electron chi connectivity index (χ3n) is 5.78. The van der Waals surface area contributed by atoms with E-state index in [-0.39, 0.29) is 17.4 Å². The van der Waals surface area contributed by atoms with Crippen molar-refractivity contribution in [2.75, 3.05) is 0 Å². The molecule has 0 saturated carbocycles. The van der Waals surface area contributed by atoms with Crippen molar-refractivity contribution in [2.45, 2.75) is 58.0 Å². The number of aromatic nitrogens is 2. The number of carbonyl (C=O) groups excluding carboxylic acids is 2. The van der Waals surface area contributed by atoms with E-state index in [0.717, 1.165) is 34.5 Å². The zero-order valence-electron chi connectivity index (χ0n) is 18.5. The standard InChI is InChI=1S/C22H26N4O3S3/c1-10-5-6-15-14(7-10)8-16(32-15)20(28)26-25-19(27)13(4)30-9-17-23-21(29)18-11(2)12(3)31-22(18)24-17/h8,10,13H,5-7,9H2,1-4H3,(H,25,27)(H,26,28)(H,23,24,29). The maximum absolute atomic E-state index is 12.5. The number of thiophene rings is 2. The number of thioether (sulfide) groups is 1. The summed E-state index contributed by atoms with van der Waals surface area (Å²) in [6.07, 6.45) is 3.17.